The summed E-state index contributed by atoms with van der Waals surface area (Å²) in [6, 6.07) is 14.5. The summed E-state index contributed by atoms with van der Waals surface area (Å²) in [4.78, 5) is 24.9. The molecule has 1 atom stereocenters. The minimum absolute atomic E-state index is 0.120. The maximum atomic E-state index is 12.5. The van der Waals surface area contributed by atoms with E-state index in [9.17, 15) is 9.59 Å². The maximum absolute atomic E-state index is 12.5. The van der Waals surface area contributed by atoms with Crippen LogP contribution >= 0.6 is 11.5 Å². The number of nitrogens with one attached hydrogen (secondary N) is 1. The second-order valence-corrected chi connectivity index (χ2v) is 7.12. The molecule has 1 heterocycles. The fraction of sp³-hybridized carbons (Fsp3) is 0.300. The van der Waals surface area contributed by atoms with E-state index < -0.39 is 6.04 Å². The maximum Gasteiger partial charge on any atom is 0.269 e. The molecular formula is C20H22N2O3S. The molecule has 1 N–H and O–H groups in total. The fourth-order valence-corrected chi connectivity index (χ4v) is 3.65. The number of ether oxygens (including phenoxy) is 1. The minimum atomic E-state index is -0.549. The van der Waals surface area contributed by atoms with Crippen LogP contribution in [0.2, 0.25) is 0 Å². The molecule has 2 aromatic carbocycles. The van der Waals surface area contributed by atoms with Crippen molar-refractivity contribution in [3.8, 4) is 5.75 Å². The lowest BCUT2D eigenvalue weighted by molar-refractivity contribution is -0.123. The number of fused-ring (bicyclic) bond motifs is 1. The highest BCUT2D eigenvalue weighted by atomic mass is 32.1. The third-order valence-corrected chi connectivity index (χ3v) is 5.34. The highest BCUT2D eigenvalue weighted by Gasteiger charge is 2.19. The zero-order valence-electron chi connectivity index (χ0n) is 14.9. The van der Waals surface area contributed by atoms with Gasteiger partial charge in [-0.3, -0.25) is 13.5 Å². The van der Waals surface area contributed by atoms with Crippen LogP contribution in [-0.4, -0.2) is 16.5 Å². The first-order chi connectivity index (χ1) is 12.6. The average Bonchev–Trinajstić information content (AvgIpc) is 3.01. The van der Waals surface area contributed by atoms with E-state index in [4.69, 9.17) is 4.74 Å². The molecule has 3 aromatic rings. The van der Waals surface area contributed by atoms with E-state index in [-0.39, 0.29) is 11.5 Å². The van der Waals surface area contributed by atoms with Crippen molar-refractivity contribution >= 4 is 27.5 Å². The number of benzene rings is 2. The van der Waals surface area contributed by atoms with Gasteiger partial charge in [0.25, 0.3) is 5.56 Å². The van der Waals surface area contributed by atoms with E-state index in [1.54, 1.807) is 13.0 Å². The third-order valence-electron chi connectivity index (χ3n) is 4.11. The number of hydrogen-bond acceptors (Lipinski definition) is 4. The van der Waals surface area contributed by atoms with Gasteiger partial charge in [0.05, 0.1) is 16.7 Å². The number of carbonyl (C=O) groups is 1. The normalized spacial score (nSPS) is 12.1. The van der Waals surface area contributed by atoms with Crippen LogP contribution in [0.25, 0.3) is 10.1 Å². The molecule has 0 saturated carbocycles. The second kappa shape index (κ2) is 8.19. The Bertz CT molecular complexity index is 944. The fourth-order valence-electron chi connectivity index (χ4n) is 2.61. The number of carbonyl (C=O) groups excluding carboxylic acids is 1. The standard InChI is InChI=1S/C20H22N2O3S/c1-3-12-25-16-10-8-15(9-11-16)13-21-19(23)14(2)22-20(24)17-6-4-5-7-18(17)26-22/h4-11,14H,3,12-13H2,1-2H3,(H,21,23)/t14-/m1/s1. The van der Waals surface area contributed by atoms with Crippen molar-refractivity contribution in [2.75, 3.05) is 6.61 Å². The zero-order chi connectivity index (χ0) is 18.5. The first-order valence-corrected chi connectivity index (χ1v) is 9.47. The van der Waals surface area contributed by atoms with Crippen molar-refractivity contribution in [3.05, 3.63) is 64.4 Å². The highest BCUT2D eigenvalue weighted by molar-refractivity contribution is 7.14. The molecular weight excluding hydrogens is 348 g/mol. The van der Waals surface area contributed by atoms with Gasteiger partial charge in [-0.05, 0) is 43.2 Å². The number of nitrogens with zero attached hydrogens (tertiary/aromatic N) is 1. The van der Waals surface area contributed by atoms with Gasteiger partial charge < -0.3 is 10.1 Å². The van der Waals surface area contributed by atoms with Gasteiger partial charge in [-0.2, -0.15) is 0 Å². The lowest BCUT2D eigenvalue weighted by Gasteiger charge is -2.12. The van der Waals surface area contributed by atoms with Crippen LogP contribution in [0.15, 0.2) is 53.3 Å². The molecule has 0 saturated heterocycles. The van der Waals surface area contributed by atoms with Crippen LogP contribution < -0.4 is 15.6 Å². The summed E-state index contributed by atoms with van der Waals surface area (Å²) in [5, 5.41) is 3.55. The molecule has 1 aromatic heterocycles. The van der Waals surface area contributed by atoms with Crippen LogP contribution in [0.1, 0.15) is 31.9 Å². The SMILES string of the molecule is CCCOc1ccc(CNC(=O)[C@@H](C)n2sc3ccccc3c2=O)cc1. The largest absolute Gasteiger partial charge is 0.494 e. The molecule has 0 aliphatic heterocycles. The Labute approximate surface area is 156 Å². The van der Waals surface area contributed by atoms with Crippen LogP contribution in [0.3, 0.4) is 0 Å². The number of aromatic nitrogens is 1. The summed E-state index contributed by atoms with van der Waals surface area (Å²) in [5.74, 6) is 0.650. The molecule has 0 radical (unpaired) electrons. The highest BCUT2D eigenvalue weighted by Crippen LogP contribution is 2.19. The first kappa shape index (κ1) is 18.2. The number of rotatable bonds is 7. The summed E-state index contributed by atoms with van der Waals surface area (Å²) < 4.78 is 7.97. The summed E-state index contributed by atoms with van der Waals surface area (Å²) in [7, 11) is 0. The number of amides is 1. The van der Waals surface area contributed by atoms with Crippen molar-refractivity contribution in [3.63, 3.8) is 0 Å². The van der Waals surface area contributed by atoms with Crippen LogP contribution in [0, 0.1) is 0 Å². The predicted octanol–water partition coefficient (Wildman–Crippen LogP) is 3.73. The molecule has 0 bridgehead atoms. The lowest BCUT2D eigenvalue weighted by atomic mass is 10.2. The Kier molecular flexibility index (Phi) is 5.73. The predicted molar refractivity (Wildman–Crippen MR) is 105 cm³/mol. The molecule has 3 rings (SSSR count). The minimum Gasteiger partial charge on any atom is -0.494 e. The Balaban J connectivity index is 1.64. The van der Waals surface area contributed by atoms with Gasteiger partial charge in [0.2, 0.25) is 5.91 Å². The quantitative estimate of drug-likeness (QED) is 0.689. The van der Waals surface area contributed by atoms with Crippen molar-refractivity contribution in [1.29, 1.82) is 0 Å². The van der Waals surface area contributed by atoms with Gasteiger partial charge in [0.15, 0.2) is 0 Å². The number of hydrogen-bond donors (Lipinski definition) is 1. The summed E-state index contributed by atoms with van der Waals surface area (Å²) >= 11 is 1.32. The van der Waals surface area contributed by atoms with Gasteiger partial charge in [0, 0.05) is 6.54 Å². The first-order valence-electron chi connectivity index (χ1n) is 8.70. The van der Waals surface area contributed by atoms with Crippen molar-refractivity contribution in [1.82, 2.24) is 9.27 Å². The monoisotopic (exact) mass is 370 g/mol. The van der Waals surface area contributed by atoms with Crippen molar-refractivity contribution < 1.29 is 9.53 Å². The van der Waals surface area contributed by atoms with Gasteiger partial charge in [-0.15, -0.1) is 0 Å². The Morgan fingerprint density at radius 2 is 1.92 bits per heavy atom. The lowest BCUT2D eigenvalue weighted by Crippen LogP contribution is -2.33. The molecule has 0 unspecified atom stereocenters. The molecule has 0 fully saturated rings. The van der Waals surface area contributed by atoms with Gasteiger partial charge >= 0.3 is 0 Å². The summed E-state index contributed by atoms with van der Waals surface area (Å²) in [5.41, 5.74) is 0.865. The Morgan fingerprint density at radius 1 is 1.19 bits per heavy atom. The topological polar surface area (TPSA) is 60.3 Å². The summed E-state index contributed by atoms with van der Waals surface area (Å²) in [6.07, 6.45) is 0.965. The van der Waals surface area contributed by atoms with E-state index in [0.717, 1.165) is 22.4 Å². The van der Waals surface area contributed by atoms with E-state index in [0.29, 0.717) is 18.5 Å². The molecule has 136 valence electrons. The molecule has 0 aliphatic rings. The zero-order valence-corrected chi connectivity index (χ0v) is 15.7. The average molecular weight is 370 g/mol. The van der Waals surface area contributed by atoms with Crippen LogP contribution in [-0.2, 0) is 11.3 Å². The smallest absolute Gasteiger partial charge is 0.269 e. The molecule has 1 amide bonds. The van der Waals surface area contributed by atoms with Crippen molar-refractivity contribution in [2.45, 2.75) is 32.9 Å². The summed E-state index contributed by atoms with van der Waals surface area (Å²) in [6.45, 7) is 4.91. The second-order valence-electron chi connectivity index (χ2n) is 6.10. The van der Waals surface area contributed by atoms with Crippen LogP contribution in [0.5, 0.6) is 5.75 Å². The third kappa shape index (κ3) is 3.96. The molecule has 5 nitrogen and oxygen atoms in total. The van der Waals surface area contributed by atoms with Gasteiger partial charge in [-0.25, -0.2) is 0 Å². The molecule has 0 spiro atoms. The van der Waals surface area contributed by atoms with E-state index in [1.165, 1.54) is 15.5 Å². The van der Waals surface area contributed by atoms with Gasteiger partial charge in [-0.1, -0.05) is 42.7 Å². The molecule has 26 heavy (non-hydrogen) atoms. The van der Waals surface area contributed by atoms with Crippen LogP contribution in [0.4, 0.5) is 0 Å². The van der Waals surface area contributed by atoms with Gasteiger partial charge in [0.1, 0.15) is 11.8 Å². The molecule has 6 heteroatoms. The van der Waals surface area contributed by atoms with Crippen molar-refractivity contribution in [2.24, 2.45) is 0 Å². The van der Waals surface area contributed by atoms with E-state index in [1.807, 2.05) is 42.5 Å². The molecule has 0 aliphatic carbocycles. The Hall–Kier alpha value is -2.60. The van der Waals surface area contributed by atoms with E-state index in [2.05, 4.69) is 12.2 Å². The Morgan fingerprint density at radius 3 is 2.62 bits per heavy atom. The van der Waals surface area contributed by atoms with E-state index >= 15 is 0 Å².